The first-order chi connectivity index (χ1) is 41.0. The molecule has 0 aliphatic heterocycles. The van der Waals surface area contributed by atoms with Gasteiger partial charge in [0.15, 0.2) is 6.10 Å². The van der Waals surface area contributed by atoms with E-state index in [1.54, 1.807) is 0 Å². The van der Waals surface area contributed by atoms with Crippen molar-refractivity contribution in [2.24, 2.45) is 0 Å². The van der Waals surface area contributed by atoms with E-state index in [2.05, 4.69) is 118 Å². The van der Waals surface area contributed by atoms with Crippen molar-refractivity contribution in [1.82, 2.24) is 0 Å². The first-order valence-corrected chi connectivity index (χ1v) is 35.7. The molecule has 0 heterocycles. The van der Waals surface area contributed by atoms with Crippen LogP contribution in [-0.4, -0.2) is 37.2 Å². The van der Waals surface area contributed by atoms with Crippen LogP contribution < -0.4 is 0 Å². The number of esters is 3. The van der Waals surface area contributed by atoms with E-state index in [9.17, 15) is 14.4 Å². The van der Waals surface area contributed by atoms with Gasteiger partial charge in [0.1, 0.15) is 13.2 Å². The van der Waals surface area contributed by atoms with Crippen LogP contribution in [0.3, 0.4) is 0 Å². The average molecular weight is 1160 g/mol. The first kappa shape index (κ1) is 79.3. The zero-order chi connectivity index (χ0) is 59.9. The molecule has 1 atom stereocenters. The Morgan fingerprint density at radius 2 is 0.482 bits per heavy atom. The molecule has 0 aliphatic carbocycles. The van der Waals surface area contributed by atoms with Crippen molar-refractivity contribution >= 4 is 17.9 Å². The summed E-state index contributed by atoms with van der Waals surface area (Å²) in [5.74, 6) is -0.868. The molecule has 0 aliphatic rings. The second-order valence-corrected chi connectivity index (χ2v) is 23.8. The normalized spacial score (nSPS) is 12.7. The molecule has 6 nitrogen and oxygen atoms in total. The number of ether oxygens (including phenoxy) is 3. The van der Waals surface area contributed by atoms with Crippen molar-refractivity contribution in [3.8, 4) is 0 Å². The van der Waals surface area contributed by atoms with Crippen LogP contribution in [0, 0.1) is 0 Å². The van der Waals surface area contributed by atoms with E-state index >= 15 is 0 Å². The van der Waals surface area contributed by atoms with Crippen molar-refractivity contribution in [1.29, 1.82) is 0 Å². The van der Waals surface area contributed by atoms with Crippen LogP contribution in [-0.2, 0) is 28.6 Å². The van der Waals surface area contributed by atoms with Crippen LogP contribution >= 0.6 is 0 Å². The highest BCUT2D eigenvalue weighted by Crippen LogP contribution is 2.18. The summed E-state index contributed by atoms with van der Waals surface area (Å²) >= 11 is 0. The van der Waals surface area contributed by atoms with Gasteiger partial charge in [-0.15, -0.1) is 0 Å². The number of allylic oxidation sites excluding steroid dienone is 16. The summed E-state index contributed by atoms with van der Waals surface area (Å²) in [5.41, 5.74) is 0. The van der Waals surface area contributed by atoms with Gasteiger partial charge in [-0.05, 0) is 96.3 Å². The molecule has 0 saturated carbocycles. The van der Waals surface area contributed by atoms with Crippen molar-refractivity contribution in [3.05, 3.63) is 97.2 Å². The molecule has 478 valence electrons. The minimum absolute atomic E-state index is 0.0758. The van der Waals surface area contributed by atoms with Crippen molar-refractivity contribution in [2.45, 2.75) is 361 Å². The van der Waals surface area contributed by atoms with Gasteiger partial charge in [-0.2, -0.15) is 0 Å². The lowest BCUT2D eigenvalue weighted by Crippen LogP contribution is -2.30. The number of unbranched alkanes of at least 4 members (excludes halogenated alkanes) is 38. The Morgan fingerprint density at radius 3 is 0.783 bits per heavy atom. The molecule has 0 saturated heterocycles. The second kappa shape index (κ2) is 70.8. The number of hydrogen-bond acceptors (Lipinski definition) is 6. The van der Waals surface area contributed by atoms with E-state index in [1.165, 1.54) is 205 Å². The SMILES string of the molecule is CC/C=C\C/C=C\C/C=C\C/C=C\C/C=C\C/C=C\C/C=C\CCCCCCCCCCCCCCCC(=O)OCC(COC(=O)CCCCCCC/C=C\CCCC)OC(=O)CCCCCCCCCCCCCCCCCCCCC. The van der Waals surface area contributed by atoms with Gasteiger partial charge in [0.2, 0.25) is 0 Å². The topological polar surface area (TPSA) is 78.9 Å². The molecule has 0 aromatic heterocycles. The van der Waals surface area contributed by atoms with Crippen molar-refractivity contribution in [3.63, 3.8) is 0 Å². The summed E-state index contributed by atoms with van der Waals surface area (Å²) in [4.78, 5) is 38.3. The summed E-state index contributed by atoms with van der Waals surface area (Å²) in [6.45, 7) is 6.53. The Kier molecular flexibility index (Phi) is 67.7. The van der Waals surface area contributed by atoms with Crippen LogP contribution in [0.25, 0.3) is 0 Å². The number of carbonyl (C=O) groups excluding carboxylic acids is 3. The maximum absolute atomic E-state index is 12.9. The molecule has 0 fully saturated rings. The predicted octanol–water partition coefficient (Wildman–Crippen LogP) is 24.8. The van der Waals surface area contributed by atoms with Crippen molar-refractivity contribution < 1.29 is 28.6 Å². The predicted molar refractivity (Wildman–Crippen MR) is 362 cm³/mol. The molecule has 0 radical (unpaired) electrons. The highest BCUT2D eigenvalue weighted by molar-refractivity contribution is 5.71. The van der Waals surface area contributed by atoms with E-state index in [0.717, 1.165) is 109 Å². The van der Waals surface area contributed by atoms with Gasteiger partial charge < -0.3 is 14.2 Å². The zero-order valence-electron chi connectivity index (χ0n) is 54.9. The molecule has 0 rings (SSSR count). The standard InChI is InChI=1S/C77H134O6/c1-4-7-10-13-16-19-22-24-26-28-30-31-32-33-34-35-36-37-38-39-40-41-42-43-44-45-47-48-50-52-55-58-61-64-67-70-76(79)82-73-74(72-81-75(78)69-66-63-60-57-54-21-18-15-12-9-6-3)83-77(80)71-68-65-62-59-56-53-51-49-46-29-27-25-23-20-17-14-11-8-5-2/h7,10,15-16,18-19,24,26,30-31,33-34,36-37,39-40,74H,4-6,8-9,11-14,17,20-23,25,27-29,32,35,38,41-73H2,1-3H3/b10-7-,18-15-,19-16-,26-24-,31-30-,34-33-,37-36-,40-39-. The minimum Gasteiger partial charge on any atom is -0.462 e. The fourth-order valence-corrected chi connectivity index (χ4v) is 10.2. The minimum atomic E-state index is -0.779. The molecular weight excluding hydrogens is 1020 g/mol. The lowest BCUT2D eigenvalue weighted by Gasteiger charge is -2.18. The van der Waals surface area contributed by atoms with Crippen molar-refractivity contribution in [2.75, 3.05) is 13.2 Å². The van der Waals surface area contributed by atoms with Gasteiger partial charge in [0.05, 0.1) is 0 Å². The van der Waals surface area contributed by atoms with Gasteiger partial charge >= 0.3 is 17.9 Å². The summed E-state index contributed by atoms with van der Waals surface area (Å²) < 4.78 is 16.9. The van der Waals surface area contributed by atoms with E-state index in [-0.39, 0.29) is 31.1 Å². The zero-order valence-corrected chi connectivity index (χ0v) is 54.9. The maximum atomic E-state index is 12.9. The monoisotopic (exact) mass is 1160 g/mol. The molecule has 0 aromatic carbocycles. The molecule has 0 amide bonds. The fraction of sp³-hybridized carbons (Fsp3) is 0.753. The van der Waals surface area contributed by atoms with E-state index < -0.39 is 6.10 Å². The number of hydrogen-bond donors (Lipinski definition) is 0. The molecule has 0 bridgehead atoms. The van der Waals surface area contributed by atoms with E-state index in [1.807, 2.05) is 0 Å². The third-order valence-corrected chi connectivity index (χ3v) is 15.6. The highest BCUT2D eigenvalue weighted by atomic mass is 16.6. The molecule has 0 aromatic rings. The first-order valence-electron chi connectivity index (χ1n) is 35.7. The lowest BCUT2D eigenvalue weighted by atomic mass is 10.0. The van der Waals surface area contributed by atoms with E-state index in [0.29, 0.717) is 19.3 Å². The fourth-order valence-electron chi connectivity index (χ4n) is 10.2. The summed E-state index contributed by atoms with van der Waals surface area (Å²) in [7, 11) is 0. The Hall–Kier alpha value is -3.67. The molecule has 0 spiro atoms. The van der Waals surface area contributed by atoms with Crippen LogP contribution in [0.1, 0.15) is 355 Å². The Balaban J connectivity index is 4.15. The lowest BCUT2D eigenvalue weighted by molar-refractivity contribution is -0.167. The third kappa shape index (κ3) is 69.0. The quantitative estimate of drug-likeness (QED) is 0.0261. The van der Waals surface area contributed by atoms with Gasteiger partial charge in [0, 0.05) is 19.3 Å². The number of carbonyl (C=O) groups is 3. The molecule has 0 N–H and O–H groups in total. The Bertz CT molecular complexity index is 1610. The highest BCUT2D eigenvalue weighted by Gasteiger charge is 2.19. The third-order valence-electron chi connectivity index (χ3n) is 15.6. The van der Waals surface area contributed by atoms with Crippen LogP contribution in [0.5, 0.6) is 0 Å². The Morgan fingerprint density at radius 1 is 0.253 bits per heavy atom. The van der Waals surface area contributed by atoms with Gasteiger partial charge in [-0.25, -0.2) is 0 Å². The number of rotatable bonds is 65. The molecular formula is C77H134O6. The summed E-state index contributed by atoms with van der Waals surface area (Å²) in [5, 5.41) is 0. The molecule has 83 heavy (non-hydrogen) atoms. The largest absolute Gasteiger partial charge is 0.462 e. The summed E-state index contributed by atoms with van der Waals surface area (Å²) in [6.07, 6.45) is 95.9. The van der Waals surface area contributed by atoms with Gasteiger partial charge in [-0.3, -0.25) is 14.4 Å². The van der Waals surface area contributed by atoms with E-state index in [4.69, 9.17) is 14.2 Å². The van der Waals surface area contributed by atoms with Gasteiger partial charge in [0.25, 0.3) is 0 Å². The van der Waals surface area contributed by atoms with Crippen LogP contribution in [0.4, 0.5) is 0 Å². The molecule has 1 unspecified atom stereocenters. The Labute approximate surface area is 515 Å². The van der Waals surface area contributed by atoms with Crippen LogP contribution in [0.2, 0.25) is 0 Å². The van der Waals surface area contributed by atoms with Gasteiger partial charge in [-0.1, -0.05) is 336 Å². The average Bonchev–Trinajstić information content (AvgIpc) is 3.48. The van der Waals surface area contributed by atoms with Crippen LogP contribution in [0.15, 0.2) is 97.2 Å². The smallest absolute Gasteiger partial charge is 0.306 e. The summed E-state index contributed by atoms with van der Waals surface area (Å²) in [6, 6.07) is 0. The second-order valence-electron chi connectivity index (χ2n) is 23.8. The maximum Gasteiger partial charge on any atom is 0.306 e. The molecule has 6 heteroatoms.